The molecule has 3 aliphatic rings. The highest BCUT2D eigenvalue weighted by Crippen LogP contribution is 2.55. The van der Waals surface area contributed by atoms with Gasteiger partial charge >= 0.3 is 0 Å². The first-order chi connectivity index (χ1) is 12.4. The molecule has 0 aromatic heterocycles. The Labute approximate surface area is 149 Å². The van der Waals surface area contributed by atoms with E-state index in [-0.39, 0.29) is 0 Å². The van der Waals surface area contributed by atoms with Gasteiger partial charge in [0.1, 0.15) is 0 Å². The molecule has 0 heteroatoms. The predicted molar refractivity (Wildman–Crippen MR) is 106 cm³/mol. The Morgan fingerprint density at radius 1 is 0.720 bits per heavy atom. The summed E-state index contributed by atoms with van der Waals surface area (Å²) in [7, 11) is 0. The molecule has 0 heterocycles. The average molecular weight is 322 g/mol. The molecular weight excluding hydrogens is 300 g/mol. The monoisotopic (exact) mass is 322 g/mol. The van der Waals surface area contributed by atoms with Crippen molar-refractivity contribution in [3.8, 4) is 0 Å². The third-order valence-electron chi connectivity index (χ3n) is 5.88. The molecule has 1 fully saturated rings. The summed E-state index contributed by atoms with van der Waals surface area (Å²) in [6, 6.07) is 21.9. The Balaban J connectivity index is 1.64. The van der Waals surface area contributed by atoms with E-state index in [9.17, 15) is 0 Å². The smallest absolute Gasteiger partial charge is 0.00700 e. The van der Waals surface area contributed by atoms with Gasteiger partial charge in [0, 0.05) is 11.8 Å². The first-order valence-electron chi connectivity index (χ1n) is 9.35. The Morgan fingerprint density at radius 2 is 1.40 bits per heavy atom. The topological polar surface area (TPSA) is 0 Å². The van der Waals surface area contributed by atoms with Crippen LogP contribution in [0.1, 0.15) is 30.4 Å². The van der Waals surface area contributed by atoms with E-state index in [2.05, 4.69) is 85.0 Å². The van der Waals surface area contributed by atoms with Crippen LogP contribution in [0.15, 0.2) is 96.1 Å². The highest BCUT2D eigenvalue weighted by molar-refractivity contribution is 5.94. The number of benzene rings is 2. The molecule has 5 rings (SSSR count). The molecule has 122 valence electrons. The molecule has 0 spiro atoms. The van der Waals surface area contributed by atoms with Gasteiger partial charge in [-0.3, -0.25) is 0 Å². The molecule has 2 aromatic carbocycles. The van der Waals surface area contributed by atoms with Crippen LogP contribution in [0.4, 0.5) is 0 Å². The summed E-state index contributed by atoms with van der Waals surface area (Å²) >= 11 is 0. The molecule has 0 amide bonds. The first kappa shape index (κ1) is 14.7. The zero-order valence-electron chi connectivity index (χ0n) is 14.4. The van der Waals surface area contributed by atoms with Crippen LogP contribution in [0, 0.1) is 11.8 Å². The lowest BCUT2D eigenvalue weighted by molar-refractivity contribution is 0.727. The summed E-state index contributed by atoms with van der Waals surface area (Å²) in [6.45, 7) is 0. The van der Waals surface area contributed by atoms with Crippen molar-refractivity contribution in [2.75, 3.05) is 0 Å². The molecule has 0 nitrogen and oxygen atoms in total. The van der Waals surface area contributed by atoms with Gasteiger partial charge in [-0.25, -0.2) is 0 Å². The maximum Gasteiger partial charge on any atom is 0.00700 e. The zero-order chi connectivity index (χ0) is 16.6. The maximum atomic E-state index is 2.47. The van der Waals surface area contributed by atoms with E-state index in [4.69, 9.17) is 0 Å². The third kappa shape index (κ3) is 2.44. The minimum Gasteiger partial charge on any atom is -0.0804 e. The van der Waals surface area contributed by atoms with Crippen molar-refractivity contribution in [1.82, 2.24) is 0 Å². The van der Waals surface area contributed by atoms with E-state index in [1.165, 1.54) is 40.7 Å². The van der Waals surface area contributed by atoms with Crippen LogP contribution in [0.3, 0.4) is 0 Å². The standard InChI is InChI=1S/C25H22/c1-3-9-19(10-4-1)23-17-24(20-11-5-2-6-12-20)25-21(15-16-22(23)25)18-13-7-8-14-18/h1-7,9-14,17,21-22H,8,15-16H2. The molecule has 1 saturated carbocycles. The third-order valence-corrected chi connectivity index (χ3v) is 5.88. The van der Waals surface area contributed by atoms with Crippen molar-refractivity contribution in [2.24, 2.45) is 11.8 Å². The lowest BCUT2D eigenvalue weighted by Gasteiger charge is -2.17. The average Bonchev–Trinajstić information content (AvgIpc) is 3.40. The highest BCUT2D eigenvalue weighted by Gasteiger charge is 2.39. The Kier molecular flexibility index (Phi) is 3.56. The van der Waals surface area contributed by atoms with Crippen molar-refractivity contribution in [1.29, 1.82) is 0 Å². The van der Waals surface area contributed by atoms with E-state index in [0.717, 1.165) is 6.42 Å². The van der Waals surface area contributed by atoms with Crippen LogP contribution in [0.2, 0.25) is 0 Å². The number of fused-ring (bicyclic) bond motifs is 1. The van der Waals surface area contributed by atoms with Crippen LogP contribution in [-0.2, 0) is 0 Å². The van der Waals surface area contributed by atoms with E-state index in [1.807, 2.05) is 0 Å². The van der Waals surface area contributed by atoms with Crippen LogP contribution >= 0.6 is 0 Å². The minimum absolute atomic E-state index is 0.581. The molecule has 0 saturated heterocycles. The van der Waals surface area contributed by atoms with Crippen molar-refractivity contribution in [2.45, 2.75) is 19.3 Å². The van der Waals surface area contributed by atoms with Crippen LogP contribution in [0.25, 0.3) is 11.1 Å². The van der Waals surface area contributed by atoms with Crippen molar-refractivity contribution in [3.05, 3.63) is 107 Å². The molecule has 2 atom stereocenters. The second-order valence-electron chi connectivity index (χ2n) is 7.23. The summed E-state index contributed by atoms with van der Waals surface area (Å²) < 4.78 is 0. The lowest BCUT2D eigenvalue weighted by atomic mass is 9.86. The summed E-state index contributed by atoms with van der Waals surface area (Å²) in [4.78, 5) is 0. The van der Waals surface area contributed by atoms with E-state index in [0.29, 0.717) is 11.8 Å². The maximum absolute atomic E-state index is 2.47. The van der Waals surface area contributed by atoms with Gasteiger partial charge < -0.3 is 0 Å². The second kappa shape index (κ2) is 6.04. The van der Waals surface area contributed by atoms with Crippen molar-refractivity contribution in [3.63, 3.8) is 0 Å². The Morgan fingerprint density at radius 3 is 2.08 bits per heavy atom. The number of allylic oxidation sites excluding steroid dienone is 8. The van der Waals surface area contributed by atoms with E-state index < -0.39 is 0 Å². The minimum atomic E-state index is 0.581. The van der Waals surface area contributed by atoms with Gasteiger partial charge in [0.05, 0.1) is 0 Å². The molecule has 0 radical (unpaired) electrons. The van der Waals surface area contributed by atoms with Gasteiger partial charge in [-0.2, -0.15) is 0 Å². The first-order valence-corrected chi connectivity index (χ1v) is 9.35. The molecule has 2 aromatic rings. The number of rotatable bonds is 3. The summed E-state index contributed by atoms with van der Waals surface area (Å²) in [5, 5.41) is 0. The molecular formula is C25H22. The van der Waals surface area contributed by atoms with Gasteiger partial charge in [-0.1, -0.05) is 78.9 Å². The normalized spacial score (nSPS) is 24.5. The molecule has 0 aliphatic heterocycles. The molecule has 3 aliphatic carbocycles. The van der Waals surface area contributed by atoms with Crippen molar-refractivity contribution < 1.29 is 0 Å². The lowest BCUT2D eigenvalue weighted by Crippen LogP contribution is -2.04. The quantitative estimate of drug-likeness (QED) is 0.609. The fourth-order valence-corrected chi connectivity index (χ4v) is 4.79. The van der Waals surface area contributed by atoms with Gasteiger partial charge in [0.2, 0.25) is 0 Å². The number of hydrogen-bond donors (Lipinski definition) is 0. The zero-order valence-corrected chi connectivity index (χ0v) is 14.4. The van der Waals surface area contributed by atoms with Crippen LogP contribution in [-0.4, -0.2) is 0 Å². The van der Waals surface area contributed by atoms with Gasteiger partial charge in [-0.05, 0) is 58.8 Å². The molecule has 0 bridgehead atoms. The fourth-order valence-electron chi connectivity index (χ4n) is 4.79. The van der Waals surface area contributed by atoms with E-state index >= 15 is 0 Å². The largest absolute Gasteiger partial charge is 0.0804 e. The number of hydrogen-bond acceptors (Lipinski definition) is 0. The van der Waals surface area contributed by atoms with E-state index in [1.54, 1.807) is 5.57 Å². The van der Waals surface area contributed by atoms with Gasteiger partial charge in [0.15, 0.2) is 0 Å². The Bertz CT molecular complexity index is 907. The fraction of sp³-hybridized carbons (Fsp3) is 0.200. The van der Waals surface area contributed by atoms with Gasteiger partial charge in [0.25, 0.3) is 0 Å². The van der Waals surface area contributed by atoms with Crippen LogP contribution in [0.5, 0.6) is 0 Å². The second-order valence-corrected chi connectivity index (χ2v) is 7.23. The predicted octanol–water partition coefficient (Wildman–Crippen LogP) is 6.45. The summed E-state index contributed by atoms with van der Waals surface area (Å²) in [6.07, 6.45) is 13.2. The molecule has 25 heavy (non-hydrogen) atoms. The van der Waals surface area contributed by atoms with Gasteiger partial charge in [-0.15, -0.1) is 0 Å². The molecule has 2 unspecified atom stereocenters. The van der Waals surface area contributed by atoms with Crippen molar-refractivity contribution >= 4 is 11.1 Å². The summed E-state index contributed by atoms with van der Waals surface area (Å²) in [5.74, 6) is 1.17. The molecule has 0 N–H and O–H groups in total. The van der Waals surface area contributed by atoms with Crippen LogP contribution < -0.4 is 0 Å². The summed E-state index contributed by atoms with van der Waals surface area (Å²) in [5.41, 5.74) is 8.92. The SMILES string of the molecule is C1=CC(C2CCC3C(c4ccccc4)=CC(c4ccccc4)=C23)=CC1. The highest BCUT2D eigenvalue weighted by atomic mass is 14.4. The Hall–Kier alpha value is -2.60.